The van der Waals surface area contributed by atoms with Crippen LogP contribution in [0, 0.1) is 11.3 Å². The number of hydrogen-bond acceptors (Lipinski definition) is 1. The summed E-state index contributed by atoms with van der Waals surface area (Å²) in [5.74, 6) is 0. The van der Waals surface area contributed by atoms with Crippen LogP contribution >= 0.6 is 15.8 Å². The normalized spacial score (nSPS) is 11.8. The van der Waals surface area contributed by atoms with Crippen molar-refractivity contribution in [2.24, 2.45) is 0 Å². The molecule has 0 bridgehead atoms. The van der Waals surface area contributed by atoms with Crippen molar-refractivity contribution >= 4 is 37.1 Å². The van der Waals surface area contributed by atoms with E-state index in [9.17, 15) is 5.26 Å². The highest BCUT2D eigenvalue weighted by atomic mass is 31.1. The molecule has 1 nitrogen and oxygen atoms in total. The summed E-state index contributed by atoms with van der Waals surface area (Å²) in [6, 6.07) is 54.3. The van der Waals surface area contributed by atoms with E-state index in [2.05, 4.69) is 140 Å². The molecule has 0 saturated carbocycles. The van der Waals surface area contributed by atoms with Gasteiger partial charge in [0.15, 0.2) is 0 Å². The monoisotopic (exact) mass is 499 g/mol. The summed E-state index contributed by atoms with van der Waals surface area (Å²) in [5.41, 5.74) is 2.11. The topological polar surface area (TPSA) is 23.8 Å². The van der Waals surface area contributed by atoms with Gasteiger partial charge < -0.3 is 0 Å². The van der Waals surface area contributed by atoms with Gasteiger partial charge in [-0.05, 0) is 54.9 Å². The van der Waals surface area contributed by atoms with E-state index in [4.69, 9.17) is 0 Å². The standard InChI is InChI=1S/C33H27NP2/c34-25-27-15-13-14-24-32(27)33(36(30-20-9-3-10-21-30)31-22-11-4-12-23-31)26-35(28-16-5-1-6-17-28)29-18-7-2-8-19-29/h1-24,33H,26H2. The molecule has 0 aromatic heterocycles. The van der Waals surface area contributed by atoms with Gasteiger partial charge in [0.25, 0.3) is 0 Å². The highest BCUT2D eigenvalue weighted by molar-refractivity contribution is 7.76. The lowest BCUT2D eigenvalue weighted by molar-refractivity contribution is 1.09. The summed E-state index contributed by atoms with van der Waals surface area (Å²) >= 11 is 0. The van der Waals surface area contributed by atoms with Crippen molar-refractivity contribution in [3.05, 3.63) is 157 Å². The van der Waals surface area contributed by atoms with Gasteiger partial charge in [-0.3, -0.25) is 0 Å². The minimum Gasteiger partial charge on any atom is -0.192 e. The molecular formula is C33H27NP2. The van der Waals surface area contributed by atoms with Crippen molar-refractivity contribution < 1.29 is 0 Å². The van der Waals surface area contributed by atoms with Crippen LogP contribution in [0.5, 0.6) is 0 Å². The van der Waals surface area contributed by atoms with E-state index in [-0.39, 0.29) is 5.66 Å². The van der Waals surface area contributed by atoms with Gasteiger partial charge in [0.05, 0.1) is 11.6 Å². The molecular weight excluding hydrogens is 472 g/mol. The first kappa shape index (κ1) is 24.2. The minimum atomic E-state index is -0.761. The molecule has 0 saturated heterocycles. The maximum atomic E-state index is 10.1. The Bertz CT molecular complexity index is 1340. The first-order chi connectivity index (χ1) is 17.8. The molecule has 0 radical (unpaired) electrons. The highest BCUT2D eigenvalue weighted by Crippen LogP contribution is 2.55. The average Bonchev–Trinajstić information content (AvgIpc) is 2.97. The van der Waals surface area contributed by atoms with Gasteiger partial charge in [-0.25, -0.2) is 0 Å². The maximum Gasteiger partial charge on any atom is 0.0994 e. The molecule has 3 heteroatoms. The highest BCUT2D eigenvalue weighted by Gasteiger charge is 2.31. The van der Waals surface area contributed by atoms with Crippen LogP contribution in [0.2, 0.25) is 0 Å². The van der Waals surface area contributed by atoms with E-state index >= 15 is 0 Å². The molecule has 5 aromatic rings. The molecule has 0 N–H and O–H groups in total. The molecule has 0 aliphatic heterocycles. The number of nitriles is 1. The Morgan fingerprint density at radius 3 is 1.33 bits per heavy atom. The summed E-state index contributed by atoms with van der Waals surface area (Å²) in [6.07, 6.45) is 0.970. The summed E-state index contributed by atoms with van der Waals surface area (Å²) < 4.78 is 0. The summed E-state index contributed by atoms with van der Waals surface area (Å²) in [7, 11) is -1.40. The van der Waals surface area contributed by atoms with E-state index in [1.165, 1.54) is 21.2 Å². The van der Waals surface area contributed by atoms with Crippen LogP contribution < -0.4 is 21.2 Å². The summed E-state index contributed by atoms with van der Waals surface area (Å²) in [5, 5.41) is 15.5. The fourth-order valence-corrected chi connectivity index (χ4v) is 10.6. The molecule has 36 heavy (non-hydrogen) atoms. The SMILES string of the molecule is N#Cc1ccccc1C(CP(c1ccccc1)c1ccccc1)P(c1ccccc1)c1ccccc1. The Labute approximate surface area is 216 Å². The van der Waals surface area contributed by atoms with Crippen LogP contribution in [0.15, 0.2) is 146 Å². The van der Waals surface area contributed by atoms with Gasteiger partial charge in [-0.15, -0.1) is 0 Å². The van der Waals surface area contributed by atoms with E-state index in [0.717, 1.165) is 17.3 Å². The van der Waals surface area contributed by atoms with Gasteiger partial charge in [0, 0.05) is 5.66 Å². The average molecular weight is 500 g/mol. The Morgan fingerprint density at radius 2 is 0.889 bits per heavy atom. The van der Waals surface area contributed by atoms with Crippen molar-refractivity contribution in [2.75, 3.05) is 6.16 Å². The lowest BCUT2D eigenvalue weighted by Gasteiger charge is -2.33. The number of benzene rings is 5. The molecule has 1 atom stereocenters. The second kappa shape index (κ2) is 11.9. The molecule has 0 spiro atoms. The molecule has 0 fully saturated rings. The zero-order valence-corrected chi connectivity index (χ0v) is 21.8. The van der Waals surface area contributed by atoms with Gasteiger partial charge >= 0.3 is 0 Å². The van der Waals surface area contributed by atoms with Crippen molar-refractivity contribution in [2.45, 2.75) is 5.66 Å². The third kappa shape index (κ3) is 5.48. The Balaban J connectivity index is 1.71. The van der Waals surface area contributed by atoms with Crippen LogP contribution in [-0.2, 0) is 0 Å². The first-order valence-corrected chi connectivity index (χ1v) is 15.0. The summed E-state index contributed by atoms with van der Waals surface area (Å²) in [4.78, 5) is 0. The van der Waals surface area contributed by atoms with Gasteiger partial charge in [-0.2, -0.15) is 5.26 Å². The molecule has 0 aliphatic rings. The number of hydrogen-bond donors (Lipinski definition) is 0. The number of rotatable bonds is 8. The largest absolute Gasteiger partial charge is 0.192 e. The van der Waals surface area contributed by atoms with E-state index < -0.39 is 15.8 Å². The smallest absolute Gasteiger partial charge is 0.0994 e. The zero-order valence-electron chi connectivity index (χ0n) is 20.0. The van der Waals surface area contributed by atoms with E-state index in [1.807, 2.05) is 12.1 Å². The lowest BCUT2D eigenvalue weighted by Crippen LogP contribution is -2.23. The van der Waals surface area contributed by atoms with Gasteiger partial charge in [-0.1, -0.05) is 140 Å². The fourth-order valence-electron chi connectivity index (χ4n) is 4.64. The van der Waals surface area contributed by atoms with E-state index in [0.29, 0.717) is 0 Å². The molecule has 0 aliphatic carbocycles. The molecule has 174 valence electrons. The number of nitrogens with zero attached hydrogens (tertiary/aromatic N) is 1. The third-order valence-electron chi connectivity index (χ3n) is 6.31. The minimum absolute atomic E-state index is 0.187. The summed E-state index contributed by atoms with van der Waals surface area (Å²) in [6.45, 7) is 0. The second-order valence-electron chi connectivity index (χ2n) is 8.54. The van der Waals surface area contributed by atoms with Crippen molar-refractivity contribution in [3.8, 4) is 6.07 Å². The molecule has 5 rings (SSSR count). The van der Waals surface area contributed by atoms with Crippen LogP contribution in [0.4, 0.5) is 0 Å². The molecule has 5 aromatic carbocycles. The zero-order chi connectivity index (χ0) is 24.6. The van der Waals surface area contributed by atoms with Gasteiger partial charge in [0.2, 0.25) is 0 Å². The Morgan fingerprint density at radius 1 is 0.500 bits per heavy atom. The van der Waals surface area contributed by atoms with E-state index in [1.54, 1.807) is 0 Å². The van der Waals surface area contributed by atoms with Crippen LogP contribution in [0.1, 0.15) is 16.8 Å². The maximum absolute atomic E-state index is 10.1. The molecule has 0 amide bonds. The fraction of sp³-hybridized carbons (Fsp3) is 0.0606. The Hall–Kier alpha value is -3.55. The Kier molecular flexibility index (Phi) is 8.00. The molecule has 1 unspecified atom stereocenters. The predicted molar refractivity (Wildman–Crippen MR) is 157 cm³/mol. The quantitative estimate of drug-likeness (QED) is 0.214. The van der Waals surface area contributed by atoms with Crippen LogP contribution in [-0.4, -0.2) is 6.16 Å². The van der Waals surface area contributed by atoms with Crippen LogP contribution in [0.3, 0.4) is 0 Å². The van der Waals surface area contributed by atoms with Crippen molar-refractivity contribution in [3.63, 3.8) is 0 Å². The predicted octanol–water partition coefficient (Wildman–Crippen LogP) is 6.87. The van der Waals surface area contributed by atoms with Crippen LogP contribution in [0.25, 0.3) is 0 Å². The lowest BCUT2D eigenvalue weighted by atomic mass is 10.1. The third-order valence-corrected chi connectivity index (χ3v) is 12.0. The van der Waals surface area contributed by atoms with Crippen molar-refractivity contribution in [1.82, 2.24) is 0 Å². The first-order valence-electron chi connectivity index (χ1n) is 12.1. The second-order valence-corrected chi connectivity index (χ2v) is 13.2. The van der Waals surface area contributed by atoms with Gasteiger partial charge in [0.1, 0.15) is 0 Å². The molecule has 0 heterocycles. The van der Waals surface area contributed by atoms with Crippen molar-refractivity contribution in [1.29, 1.82) is 5.26 Å².